The fraction of sp³-hybridized carbons (Fsp3) is 0.556. The van der Waals surface area contributed by atoms with Gasteiger partial charge in [0.05, 0.1) is 12.2 Å². The summed E-state index contributed by atoms with van der Waals surface area (Å²) in [6.07, 6.45) is 2.00. The Kier molecular flexibility index (Phi) is 2.95. The van der Waals surface area contributed by atoms with Gasteiger partial charge in [-0.2, -0.15) is 0 Å². The molecule has 0 aromatic carbocycles. The Morgan fingerprint density at radius 3 is 3.07 bits per heavy atom. The van der Waals surface area contributed by atoms with Crippen molar-refractivity contribution in [3.05, 3.63) is 15.5 Å². The van der Waals surface area contributed by atoms with E-state index in [-0.39, 0.29) is 18.0 Å². The highest BCUT2D eigenvalue weighted by Crippen LogP contribution is 2.35. The van der Waals surface area contributed by atoms with Crippen LogP contribution >= 0.6 is 22.9 Å². The van der Waals surface area contributed by atoms with Crippen molar-refractivity contribution in [2.45, 2.75) is 25.4 Å². The zero-order valence-electron chi connectivity index (χ0n) is 8.31. The molecule has 1 aromatic heterocycles. The van der Waals surface area contributed by atoms with Crippen LogP contribution in [0.15, 0.2) is 6.20 Å². The summed E-state index contributed by atoms with van der Waals surface area (Å²) in [5.74, 6) is 0.0984. The quantitative estimate of drug-likeness (QED) is 0.857. The molecule has 82 valence electrons. The number of nitrogens with two attached hydrogens (primary N) is 1. The zero-order chi connectivity index (χ0) is 11.0. The second-order valence-electron chi connectivity index (χ2n) is 3.50. The smallest absolute Gasteiger partial charge is 0.224 e. The Bertz CT molecular complexity index is 381. The van der Waals surface area contributed by atoms with Crippen molar-refractivity contribution in [3.8, 4) is 0 Å². The molecule has 2 N–H and O–H groups in total. The second kappa shape index (κ2) is 4.08. The monoisotopic (exact) mass is 245 g/mol. The van der Waals surface area contributed by atoms with Crippen molar-refractivity contribution >= 4 is 28.8 Å². The van der Waals surface area contributed by atoms with E-state index in [1.54, 1.807) is 11.1 Å². The molecule has 0 saturated carbocycles. The van der Waals surface area contributed by atoms with Gasteiger partial charge in [-0.3, -0.25) is 4.79 Å². The number of likely N-dealkylation sites (N-methyl/N-ethyl adjacent to an activating group) is 1. The minimum Gasteiger partial charge on any atom is -0.332 e. The summed E-state index contributed by atoms with van der Waals surface area (Å²) in [7, 11) is 0. The molecule has 15 heavy (non-hydrogen) atoms. The van der Waals surface area contributed by atoms with Crippen LogP contribution in [0, 0.1) is 0 Å². The highest BCUT2D eigenvalue weighted by molar-refractivity contribution is 7.15. The molecular weight excluding hydrogens is 234 g/mol. The van der Waals surface area contributed by atoms with Crippen LogP contribution < -0.4 is 5.73 Å². The van der Waals surface area contributed by atoms with Crippen LogP contribution in [0.4, 0.5) is 0 Å². The number of hydrogen-bond donors (Lipinski definition) is 1. The summed E-state index contributed by atoms with van der Waals surface area (Å²) >= 11 is 7.22. The van der Waals surface area contributed by atoms with Crippen LogP contribution in [0.3, 0.4) is 0 Å². The Morgan fingerprint density at radius 2 is 2.53 bits per heavy atom. The molecule has 0 bridgehead atoms. The van der Waals surface area contributed by atoms with Crippen LogP contribution in [-0.4, -0.2) is 28.4 Å². The molecule has 1 aliphatic heterocycles. The number of hydrogen-bond acceptors (Lipinski definition) is 4. The number of halogens is 1. The first-order valence-corrected chi connectivity index (χ1v) is 5.99. The Labute approximate surface area is 97.0 Å². The average Bonchev–Trinajstić information content (AvgIpc) is 2.70. The van der Waals surface area contributed by atoms with Crippen LogP contribution in [-0.2, 0) is 4.79 Å². The van der Waals surface area contributed by atoms with Crippen molar-refractivity contribution in [3.63, 3.8) is 0 Å². The molecule has 0 spiro atoms. The highest BCUT2D eigenvalue weighted by atomic mass is 35.5. The van der Waals surface area contributed by atoms with Gasteiger partial charge in [0.15, 0.2) is 0 Å². The molecule has 4 nitrogen and oxygen atoms in total. The van der Waals surface area contributed by atoms with Crippen molar-refractivity contribution in [2.75, 3.05) is 6.54 Å². The van der Waals surface area contributed by atoms with Gasteiger partial charge >= 0.3 is 0 Å². The lowest BCUT2D eigenvalue weighted by Crippen LogP contribution is -2.32. The van der Waals surface area contributed by atoms with Gasteiger partial charge in [-0.15, -0.1) is 11.3 Å². The van der Waals surface area contributed by atoms with Gasteiger partial charge < -0.3 is 10.6 Å². The molecule has 0 aliphatic carbocycles. The van der Waals surface area contributed by atoms with Crippen LogP contribution in [0.2, 0.25) is 4.34 Å². The van der Waals surface area contributed by atoms with Gasteiger partial charge in [0.25, 0.3) is 0 Å². The molecule has 1 aromatic rings. The van der Waals surface area contributed by atoms with Gasteiger partial charge in [-0.25, -0.2) is 4.98 Å². The largest absolute Gasteiger partial charge is 0.332 e. The molecule has 1 fully saturated rings. The van der Waals surface area contributed by atoms with Gasteiger partial charge in [-0.1, -0.05) is 11.6 Å². The lowest BCUT2D eigenvalue weighted by atomic mass is 10.1. The topological polar surface area (TPSA) is 59.2 Å². The summed E-state index contributed by atoms with van der Waals surface area (Å²) in [5.41, 5.74) is 5.94. The lowest BCUT2D eigenvalue weighted by Gasteiger charge is -2.23. The maximum atomic E-state index is 11.6. The van der Waals surface area contributed by atoms with E-state index in [1.807, 2.05) is 6.92 Å². The molecule has 1 saturated heterocycles. The van der Waals surface area contributed by atoms with E-state index in [0.29, 0.717) is 17.3 Å². The van der Waals surface area contributed by atoms with Crippen LogP contribution in [0.25, 0.3) is 0 Å². The highest BCUT2D eigenvalue weighted by Gasteiger charge is 2.39. The number of carbonyl (C=O) groups excluding carboxylic acids is 1. The number of amides is 1. The van der Waals surface area contributed by atoms with Crippen LogP contribution in [0.5, 0.6) is 0 Å². The second-order valence-corrected chi connectivity index (χ2v) is 5.19. The summed E-state index contributed by atoms with van der Waals surface area (Å²) in [4.78, 5) is 17.6. The predicted molar refractivity (Wildman–Crippen MR) is 59.8 cm³/mol. The van der Waals surface area contributed by atoms with Gasteiger partial charge in [0.2, 0.25) is 5.91 Å². The molecule has 0 radical (unpaired) electrons. The minimum atomic E-state index is -0.167. The van der Waals surface area contributed by atoms with E-state index < -0.39 is 0 Å². The fourth-order valence-corrected chi connectivity index (χ4v) is 3.03. The van der Waals surface area contributed by atoms with Gasteiger partial charge in [-0.05, 0) is 6.92 Å². The normalized spacial score (nSPS) is 26.3. The first-order valence-electron chi connectivity index (χ1n) is 4.79. The molecule has 2 heterocycles. The standard InChI is InChI=1S/C9H12ClN3OS/c1-2-13-7(14)3-5(11)8(13)9-12-4-6(10)15-9/h4-5,8H,2-3,11H2,1H3. The summed E-state index contributed by atoms with van der Waals surface area (Å²) in [5, 5.41) is 0.834. The molecule has 2 unspecified atom stereocenters. The fourth-order valence-electron chi connectivity index (χ4n) is 1.91. The molecule has 6 heteroatoms. The third kappa shape index (κ3) is 1.87. The third-order valence-corrected chi connectivity index (χ3v) is 3.75. The molecule has 1 aliphatic rings. The van der Waals surface area contributed by atoms with E-state index >= 15 is 0 Å². The first kappa shape index (κ1) is 10.9. The van der Waals surface area contributed by atoms with Crippen molar-refractivity contribution in [1.82, 2.24) is 9.88 Å². The molecule has 2 atom stereocenters. The molecule has 1 amide bonds. The number of carbonyl (C=O) groups is 1. The Hall–Kier alpha value is -0.650. The van der Waals surface area contributed by atoms with E-state index in [1.165, 1.54) is 11.3 Å². The molecular formula is C9H12ClN3OS. The predicted octanol–water partition coefficient (Wildman–Crippen LogP) is 1.42. The molecule has 2 rings (SSSR count). The van der Waals surface area contributed by atoms with Gasteiger partial charge in [0.1, 0.15) is 9.34 Å². The number of nitrogens with zero attached hydrogens (tertiary/aromatic N) is 2. The summed E-state index contributed by atoms with van der Waals surface area (Å²) in [6, 6.07) is -0.264. The maximum Gasteiger partial charge on any atom is 0.224 e. The Morgan fingerprint density at radius 1 is 1.80 bits per heavy atom. The lowest BCUT2D eigenvalue weighted by molar-refractivity contribution is -0.128. The van der Waals surface area contributed by atoms with Crippen molar-refractivity contribution < 1.29 is 4.79 Å². The van der Waals surface area contributed by atoms with E-state index in [0.717, 1.165) is 5.01 Å². The maximum absolute atomic E-state index is 11.6. The number of thiazole rings is 1. The summed E-state index contributed by atoms with van der Waals surface area (Å²) in [6.45, 7) is 2.60. The Balaban J connectivity index is 2.30. The third-order valence-electron chi connectivity index (χ3n) is 2.56. The van der Waals surface area contributed by atoms with Crippen molar-refractivity contribution in [2.24, 2.45) is 5.73 Å². The van der Waals surface area contributed by atoms with Crippen molar-refractivity contribution in [1.29, 1.82) is 0 Å². The van der Waals surface area contributed by atoms with E-state index in [4.69, 9.17) is 17.3 Å². The minimum absolute atomic E-state index is 0.0972. The number of likely N-dealkylation sites (tertiary alicyclic amines) is 1. The van der Waals surface area contributed by atoms with E-state index in [9.17, 15) is 4.79 Å². The number of rotatable bonds is 2. The van der Waals surface area contributed by atoms with Gasteiger partial charge in [0, 0.05) is 19.0 Å². The average molecular weight is 246 g/mol. The number of aromatic nitrogens is 1. The van der Waals surface area contributed by atoms with Crippen LogP contribution in [0.1, 0.15) is 24.4 Å². The zero-order valence-corrected chi connectivity index (χ0v) is 9.88. The SMILES string of the molecule is CCN1C(=O)CC(N)C1c1ncc(Cl)s1. The summed E-state index contributed by atoms with van der Waals surface area (Å²) < 4.78 is 0.632. The first-order chi connectivity index (χ1) is 7.13. The van der Waals surface area contributed by atoms with E-state index in [2.05, 4.69) is 4.98 Å².